The van der Waals surface area contributed by atoms with Crippen molar-refractivity contribution in [2.45, 2.75) is 25.9 Å². The number of halogens is 2. The molecule has 0 bridgehead atoms. The van der Waals surface area contributed by atoms with E-state index in [9.17, 15) is 4.79 Å². The van der Waals surface area contributed by atoms with Gasteiger partial charge in [0.1, 0.15) is 0 Å². The molecule has 106 valence electrons. The molecule has 0 radical (unpaired) electrons. The summed E-state index contributed by atoms with van der Waals surface area (Å²) in [5.41, 5.74) is 0.382. The number of amides is 1. The molecule has 0 aromatic heterocycles. The number of ether oxygens (including phenoxy) is 1. The van der Waals surface area contributed by atoms with Crippen molar-refractivity contribution < 1.29 is 14.6 Å². The molecule has 0 saturated heterocycles. The minimum absolute atomic E-state index is 0.253. The number of hydrogen-bond acceptors (Lipinski definition) is 3. The lowest BCUT2D eigenvalue weighted by atomic mass is 10.2. The van der Waals surface area contributed by atoms with Crippen molar-refractivity contribution in [1.29, 1.82) is 0 Å². The number of aliphatic hydroxyl groups excluding tert-OH is 1. The van der Waals surface area contributed by atoms with E-state index in [1.165, 1.54) is 19.2 Å². The number of hydrogen-bond donors (Lipinski definition) is 2. The molecule has 1 unspecified atom stereocenters. The highest BCUT2D eigenvalue weighted by Crippen LogP contribution is 2.33. The fourth-order valence-electron chi connectivity index (χ4n) is 1.59. The fourth-order valence-corrected chi connectivity index (χ4v) is 2.23. The quantitative estimate of drug-likeness (QED) is 0.795. The molecule has 1 amide bonds. The van der Waals surface area contributed by atoms with Gasteiger partial charge in [-0.15, -0.1) is 0 Å². The Kier molecular flexibility index (Phi) is 6.42. The van der Waals surface area contributed by atoms with Gasteiger partial charge in [-0.3, -0.25) is 4.79 Å². The molecule has 1 aromatic carbocycles. The van der Waals surface area contributed by atoms with Crippen molar-refractivity contribution in [3.8, 4) is 5.75 Å². The van der Waals surface area contributed by atoms with Crippen LogP contribution in [0, 0.1) is 0 Å². The van der Waals surface area contributed by atoms with Gasteiger partial charge in [0.2, 0.25) is 0 Å². The van der Waals surface area contributed by atoms with Gasteiger partial charge in [0.05, 0.1) is 23.3 Å². The first-order chi connectivity index (χ1) is 8.95. The largest absolute Gasteiger partial charge is 0.494 e. The Labute approximate surface area is 122 Å². The number of benzene rings is 1. The molecule has 4 nitrogen and oxygen atoms in total. The van der Waals surface area contributed by atoms with Crippen molar-refractivity contribution in [2.75, 3.05) is 13.7 Å². The van der Waals surface area contributed by atoms with E-state index < -0.39 is 0 Å². The summed E-state index contributed by atoms with van der Waals surface area (Å²) in [5.74, 6) is 0.103. The minimum atomic E-state index is -0.359. The predicted molar refractivity (Wildman–Crippen MR) is 76.3 cm³/mol. The molecule has 1 aromatic rings. The smallest absolute Gasteiger partial charge is 0.251 e. The van der Waals surface area contributed by atoms with Gasteiger partial charge in [-0.1, -0.05) is 23.2 Å². The summed E-state index contributed by atoms with van der Waals surface area (Å²) in [6.07, 6.45) is 0.993. The van der Waals surface area contributed by atoms with Crippen LogP contribution < -0.4 is 10.1 Å². The highest BCUT2D eigenvalue weighted by Gasteiger charge is 2.13. The first kappa shape index (κ1) is 16.1. The van der Waals surface area contributed by atoms with Crippen LogP contribution in [0.3, 0.4) is 0 Å². The molecule has 6 heteroatoms. The predicted octanol–water partition coefficient (Wildman–Crippen LogP) is 2.89. The van der Waals surface area contributed by atoms with Crippen LogP contribution >= 0.6 is 23.2 Å². The SMILES string of the molecule is COc1c(Cl)cc(C(=O)NCCCC(C)O)cc1Cl. The van der Waals surface area contributed by atoms with Gasteiger partial charge in [-0.25, -0.2) is 0 Å². The maximum atomic E-state index is 11.9. The Morgan fingerprint density at radius 2 is 2.00 bits per heavy atom. The monoisotopic (exact) mass is 305 g/mol. The van der Waals surface area contributed by atoms with Crippen molar-refractivity contribution in [3.63, 3.8) is 0 Å². The second kappa shape index (κ2) is 7.58. The van der Waals surface area contributed by atoms with Gasteiger partial charge in [0, 0.05) is 12.1 Å². The van der Waals surface area contributed by atoms with Crippen molar-refractivity contribution in [3.05, 3.63) is 27.7 Å². The van der Waals surface area contributed by atoms with Crippen LogP contribution in [0.5, 0.6) is 5.75 Å². The molecule has 1 rings (SSSR count). The van der Waals surface area contributed by atoms with E-state index in [4.69, 9.17) is 33.0 Å². The molecule has 2 N–H and O–H groups in total. The van der Waals surface area contributed by atoms with Crippen LogP contribution in [0.1, 0.15) is 30.1 Å². The molecule has 0 heterocycles. The molecule has 0 saturated carbocycles. The maximum absolute atomic E-state index is 11.9. The van der Waals surface area contributed by atoms with Crippen LogP contribution in [0.15, 0.2) is 12.1 Å². The van der Waals surface area contributed by atoms with E-state index in [1.54, 1.807) is 6.92 Å². The minimum Gasteiger partial charge on any atom is -0.494 e. The second-order valence-corrected chi connectivity index (χ2v) is 5.03. The third-order valence-corrected chi connectivity index (χ3v) is 3.11. The average molecular weight is 306 g/mol. The summed E-state index contributed by atoms with van der Waals surface area (Å²) >= 11 is 11.9. The molecule has 0 aliphatic rings. The van der Waals surface area contributed by atoms with Gasteiger partial charge < -0.3 is 15.2 Å². The first-order valence-electron chi connectivity index (χ1n) is 5.95. The lowest BCUT2D eigenvalue weighted by Crippen LogP contribution is -2.25. The molecule has 0 aliphatic heterocycles. The second-order valence-electron chi connectivity index (χ2n) is 4.22. The van der Waals surface area contributed by atoms with Gasteiger partial charge >= 0.3 is 0 Å². The van der Waals surface area contributed by atoms with E-state index in [1.807, 2.05) is 0 Å². The Bertz CT molecular complexity index is 427. The summed E-state index contributed by atoms with van der Waals surface area (Å²) in [6.45, 7) is 2.20. The molecule has 1 atom stereocenters. The average Bonchev–Trinajstić information content (AvgIpc) is 2.33. The summed E-state index contributed by atoms with van der Waals surface area (Å²) in [7, 11) is 1.46. The zero-order chi connectivity index (χ0) is 14.4. The molecular weight excluding hydrogens is 289 g/mol. The van der Waals surface area contributed by atoms with Crippen LogP contribution in [0.4, 0.5) is 0 Å². The van der Waals surface area contributed by atoms with Crippen molar-refractivity contribution in [2.24, 2.45) is 0 Å². The molecule has 0 fully saturated rings. The molecule has 0 spiro atoms. The lowest BCUT2D eigenvalue weighted by Gasteiger charge is -2.10. The molecule has 19 heavy (non-hydrogen) atoms. The standard InChI is InChI=1S/C13H17Cl2NO3/c1-8(17)4-3-5-16-13(18)9-6-10(14)12(19-2)11(15)7-9/h6-8,17H,3-5H2,1-2H3,(H,16,18). The Morgan fingerprint density at radius 3 is 2.47 bits per heavy atom. The summed E-state index contributed by atoms with van der Waals surface area (Å²) in [6, 6.07) is 3.02. The van der Waals surface area contributed by atoms with E-state index in [0.29, 0.717) is 40.7 Å². The zero-order valence-corrected chi connectivity index (χ0v) is 12.4. The number of carbonyl (C=O) groups excluding carboxylic acids is 1. The first-order valence-corrected chi connectivity index (χ1v) is 6.70. The number of carbonyl (C=O) groups is 1. The Morgan fingerprint density at radius 1 is 1.42 bits per heavy atom. The highest BCUT2D eigenvalue weighted by atomic mass is 35.5. The van der Waals surface area contributed by atoms with Crippen molar-refractivity contribution >= 4 is 29.1 Å². The van der Waals surface area contributed by atoms with Crippen LogP contribution in [-0.4, -0.2) is 30.8 Å². The maximum Gasteiger partial charge on any atom is 0.251 e. The Hall–Kier alpha value is -0.970. The fraction of sp³-hybridized carbons (Fsp3) is 0.462. The van der Waals surface area contributed by atoms with E-state index >= 15 is 0 Å². The third-order valence-electron chi connectivity index (χ3n) is 2.55. The van der Waals surface area contributed by atoms with Crippen LogP contribution in [0.2, 0.25) is 10.0 Å². The highest BCUT2D eigenvalue weighted by molar-refractivity contribution is 6.37. The topological polar surface area (TPSA) is 58.6 Å². The van der Waals surface area contributed by atoms with E-state index in [2.05, 4.69) is 5.32 Å². The molecule has 0 aliphatic carbocycles. The number of nitrogens with one attached hydrogen (secondary N) is 1. The van der Waals surface area contributed by atoms with Crippen molar-refractivity contribution in [1.82, 2.24) is 5.32 Å². The number of aliphatic hydroxyl groups is 1. The van der Waals surface area contributed by atoms with Gasteiger partial charge in [-0.05, 0) is 31.9 Å². The number of rotatable bonds is 6. The normalized spacial score (nSPS) is 12.1. The van der Waals surface area contributed by atoms with Gasteiger partial charge in [0.15, 0.2) is 5.75 Å². The van der Waals surface area contributed by atoms with Gasteiger partial charge in [0.25, 0.3) is 5.91 Å². The van der Waals surface area contributed by atoms with E-state index in [0.717, 1.165) is 0 Å². The summed E-state index contributed by atoms with van der Waals surface area (Å²) < 4.78 is 5.01. The lowest BCUT2D eigenvalue weighted by molar-refractivity contribution is 0.0949. The summed E-state index contributed by atoms with van der Waals surface area (Å²) in [4.78, 5) is 11.9. The zero-order valence-electron chi connectivity index (χ0n) is 10.9. The van der Waals surface area contributed by atoms with Gasteiger partial charge in [-0.2, -0.15) is 0 Å². The number of methoxy groups -OCH3 is 1. The van der Waals surface area contributed by atoms with Crippen LogP contribution in [0.25, 0.3) is 0 Å². The molecular formula is C13H17Cl2NO3. The summed E-state index contributed by atoms with van der Waals surface area (Å²) in [5, 5.41) is 12.4. The Balaban J connectivity index is 2.63. The van der Waals surface area contributed by atoms with E-state index in [-0.39, 0.29) is 12.0 Å². The third kappa shape index (κ3) is 4.90. The van der Waals surface area contributed by atoms with Crippen LogP contribution in [-0.2, 0) is 0 Å².